The van der Waals surface area contributed by atoms with E-state index in [0.29, 0.717) is 29.2 Å². The van der Waals surface area contributed by atoms with Crippen LogP contribution in [-0.2, 0) is 4.79 Å². The highest BCUT2D eigenvalue weighted by atomic mass is 35.5. The van der Waals surface area contributed by atoms with Crippen LogP contribution in [0.25, 0.3) is 0 Å². The predicted octanol–water partition coefficient (Wildman–Crippen LogP) is 4.83. The van der Waals surface area contributed by atoms with Gasteiger partial charge in [0.25, 0.3) is 0 Å². The van der Waals surface area contributed by atoms with Crippen LogP contribution in [0.15, 0.2) is 54.6 Å². The lowest BCUT2D eigenvalue weighted by Gasteiger charge is -2.29. The molecule has 2 aromatic carbocycles. The van der Waals surface area contributed by atoms with Gasteiger partial charge in [-0.3, -0.25) is 14.6 Å². The summed E-state index contributed by atoms with van der Waals surface area (Å²) in [5.41, 5.74) is 2.05. The Morgan fingerprint density at radius 3 is 2.64 bits per heavy atom. The molecule has 1 N–H and O–H groups in total. The van der Waals surface area contributed by atoms with Crippen molar-refractivity contribution >= 4 is 23.2 Å². The molecule has 2 unspecified atom stereocenters. The maximum Gasteiger partial charge on any atom is 0.225 e. The van der Waals surface area contributed by atoms with Gasteiger partial charge in [-0.1, -0.05) is 61.0 Å². The number of rotatable bonds is 8. The van der Waals surface area contributed by atoms with Gasteiger partial charge in [0.2, 0.25) is 5.91 Å². The van der Waals surface area contributed by atoms with Gasteiger partial charge in [0.05, 0.1) is 10.7 Å². The fourth-order valence-corrected chi connectivity index (χ4v) is 4.16. The van der Waals surface area contributed by atoms with Gasteiger partial charge in [0, 0.05) is 38.1 Å². The number of halogens is 1. The monoisotopic (exact) mass is 399 g/mol. The van der Waals surface area contributed by atoms with Crippen molar-refractivity contribution in [2.75, 3.05) is 31.5 Å². The van der Waals surface area contributed by atoms with Crippen LogP contribution in [0, 0.1) is 0 Å². The molecular weight excluding hydrogens is 370 g/mol. The second-order valence-corrected chi connectivity index (χ2v) is 7.84. The Bertz CT molecular complexity index is 767. The first-order chi connectivity index (χ1) is 13.6. The first-order valence-corrected chi connectivity index (χ1v) is 10.5. The van der Waals surface area contributed by atoms with Crippen molar-refractivity contribution in [1.29, 1.82) is 0 Å². The Kier molecular flexibility index (Phi) is 7.49. The normalized spacial score (nSPS) is 18.4. The molecule has 1 amide bonds. The molecule has 1 saturated heterocycles. The van der Waals surface area contributed by atoms with Gasteiger partial charge in [0.15, 0.2) is 0 Å². The fraction of sp³-hybridized carbons (Fsp3) is 0.435. The third-order valence-electron chi connectivity index (χ3n) is 5.72. The minimum absolute atomic E-state index is 0.0130. The number of anilines is 1. The number of amides is 1. The number of carbonyl (C=O) groups excluding carboxylic acids is 1. The van der Waals surface area contributed by atoms with Gasteiger partial charge in [-0.25, -0.2) is 0 Å². The molecule has 0 aliphatic carbocycles. The van der Waals surface area contributed by atoms with Crippen molar-refractivity contribution in [2.45, 2.75) is 38.8 Å². The van der Waals surface area contributed by atoms with Crippen molar-refractivity contribution < 1.29 is 4.79 Å². The number of para-hydroxylation sites is 1. The van der Waals surface area contributed by atoms with Crippen LogP contribution in [0.5, 0.6) is 0 Å². The molecule has 5 heteroatoms. The number of nitrogens with one attached hydrogen (secondary N) is 1. The number of nitrogens with zero attached hydrogens (tertiary/aromatic N) is 2. The van der Waals surface area contributed by atoms with Crippen molar-refractivity contribution in [3.63, 3.8) is 0 Å². The first-order valence-electron chi connectivity index (χ1n) is 10.2. The van der Waals surface area contributed by atoms with Crippen LogP contribution in [0.3, 0.4) is 0 Å². The topological polar surface area (TPSA) is 35.6 Å². The van der Waals surface area contributed by atoms with Crippen LogP contribution >= 0.6 is 11.6 Å². The molecule has 0 spiro atoms. The van der Waals surface area contributed by atoms with Crippen molar-refractivity contribution in [3.05, 3.63) is 65.2 Å². The van der Waals surface area contributed by atoms with Crippen LogP contribution in [0.2, 0.25) is 5.02 Å². The van der Waals surface area contributed by atoms with Gasteiger partial charge >= 0.3 is 0 Å². The zero-order valence-corrected chi connectivity index (χ0v) is 17.5. The molecule has 2 atom stereocenters. The molecule has 28 heavy (non-hydrogen) atoms. The van der Waals surface area contributed by atoms with Crippen LogP contribution in [0.1, 0.15) is 38.3 Å². The summed E-state index contributed by atoms with van der Waals surface area (Å²) in [7, 11) is 0. The van der Waals surface area contributed by atoms with Crippen molar-refractivity contribution in [1.82, 2.24) is 9.80 Å². The quantitative estimate of drug-likeness (QED) is 0.690. The van der Waals surface area contributed by atoms with E-state index in [0.717, 1.165) is 32.6 Å². The second kappa shape index (κ2) is 10.1. The van der Waals surface area contributed by atoms with Crippen LogP contribution < -0.4 is 5.32 Å². The summed E-state index contributed by atoms with van der Waals surface area (Å²) in [6, 6.07) is 19.0. The summed E-state index contributed by atoms with van der Waals surface area (Å²) in [5.74, 6) is 0.0130. The molecule has 1 fully saturated rings. The van der Waals surface area contributed by atoms with E-state index in [1.54, 1.807) is 6.07 Å². The summed E-state index contributed by atoms with van der Waals surface area (Å²) < 4.78 is 0. The lowest BCUT2D eigenvalue weighted by Crippen LogP contribution is -2.39. The molecule has 1 aliphatic rings. The molecule has 0 radical (unpaired) electrons. The average Bonchev–Trinajstić information content (AvgIpc) is 3.20. The van der Waals surface area contributed by atoms with Gasteiger partial charge in [-0.2, -0.15) is 0 Å². The van der Waals surface area contributed by atoms with Crippen LogP contribution in [0.4, 0.5) is 5.69 Å². The van der Waals surface area contributed by atoms with Crippen molar-refractivity contribution in [2.24, 2.45) is 0 Å². The Morgan fingerprint density at radius 1 is 1.21 bits per heavy atom. The Morgan fingerprint density at radius 2 is 1.93 bits per heavy atom. The molecule has 150 valence electrons. The third-order valence-corrected chi connectivity index (χ3v) is 6.05. The summed E-state index contributed by atoms with van der Waals surface area (Å²) in [4.78, 5) is 17.3. The van der Waals surface area contributed by atoms with E-state index >= 15 is 0 Å². The molecule has 1 aliphatic heterocycles. The molecule has 0 bridgehead atoms. The van der Waals surface area contributed by atoms with E-state index in [1.807, 2.05) is 18.2 Å². The smallest absolute Gasteiger partial charge is 0.225 e. The zero-order valence-electron chi connectivity index (χ0n) is 16.8. The summed E-state index contributed by atoms with van der Waals surface area (Å²) in [6.45, 7) is 8.34. The fourth-order valence-electron chi connectivity index (χ4n) is 3.98. The predicted molar refractivity (Wildman–Crippen MR) is 117 cm³/mol. The number of likely N-dealkylation sites (tertiary alicyclic amines) is 1. The molecule has 4 nitrogen and oxygen atoms in total. The van der Waals surface area contributed by atoms with E-state index in [4.69, 9.17) is 11.6 Å². The Balaban J connectivity index is 1.50. The van der Waals surface area contributed by atoms with Crippen molar-refractivity contribution in [3.8, 4) is 0 Å². The number of benzene rings is 2. The van der Waals surface area contributed by atoms with E-state index in [-0.39, 0.29) is 5.91 Å². The summed E-state index contributed by atoms with van der Waals surface area (Å²) in [6.07, 6.45) is 1.63. The zero-order chi connectivity index (χ0) is 19.9. The SMILES string of the molecule is CCN(CCC(=O)Nc1ccccc1Cl)C1CCN(C(C)c2ccccc2)C1. The first kappa shape index (κ1) is 20.8. The number of likely N-dealkylation sites (N-methyl/N-ethyl adjacent to an activating group) is 1. The van der Waals surface area contributed by atoms with E-state index in [1.165, 1.54) is 5.56 Å². The molecule has 2 aromatic rings. The molecule has 0 saturated carbocycles. The minimum atomic E-state index is 0.0130. The van der Waals surface area contributed by atoms with E-state index < -0.39 is 0 Å². The average molecular weight is 400 g/mol. The Labute approximate surface area is 173 Å². The highest BCUT2D eigenvalue weighted by Crippen LogP contribution is 2.27. The standard InChI is InChI=1S/C23H30ClN3O/c1-3-26(16-14-23(28)25-22-12-8-7-11-21(22)24)20-13-15-27(17-20)18(2)19-9-5-4-6-10-19/h4-12,18,20H,3,13-17H2,1-2H3,(H,25,28). The Hall–Kier alpha value is -1.88. The lowest BCUT2D eigenvalue weighted by molar-refractivity contribution is -0.116. The second-order valence-electron chi connectivity index (χ2n) is 7.43. The highest BCUT2D eigenvalue weighted by molar-refractivity contribution is 6.33. The summed E-state index contributed by atoms with van der Waals surface area (Å²) in [5, 5.41) is 3.49. The van der Waals surface area contributed by atoms with Crippen LogP contribution in [-0.4, -0.2) is 47.9 Å². The molecule has 3 rings (SSSR count). The van der Waals surface area contributed by atoms with Gasteiger partial charge in [-0.05, 0) is 37.6 Å². The lowest BCUT2D eigenvalue weighted by atomic mass is 10.1. The molecular formula is C23H30ClN3O. The number of hydrogen-bond acceptors (Lipinski definition) is 3. The number of hydrogen-bond donors (Lipinski definition) is 1. The highest BCUT2D eigenvalue weighted by Gasteiger charge is 2.30. The van der Waals surface area contributed by atoms with Gasteiger partial charge in [0.1, 0.15) is 0 Å². The van der Waals surface area contributed by atoms with Gasteiger partial charge in [-0.15, -0.1) is 0 Å². The molecule has 1 heterocycles. The van der Waals surface area contributed by atoms with E-state index in [9.17, 15) is 4.79 Å². The minimum Gasteiger partial charge on any atom is -0.325 e. The maximum atomic E-state index is 12.4. The van der Waals surface area contributed by atoms with Gasteiger partial charge < -0.3 is 5.32 Å². The number of carbonyl (C=O) groups is 1. The maximum absolute atomic E-state index is 12.4. The molecule has 0 aromatic heterocycles. The largest absolute Gasteiger partial charge is 0.325 e. The summed E-state index contributed by atoms with van der Waals surface area (Å²) >= 11 is 6.13. The van der Waals surface area contributed by atoms with E-state index in [2.05, 4.69) is 59.3 Å². The third kappa shape index (κ3) is 5.34.